The Hall–Kier alpha value is -1.55. The van der Waals surface area contributed by atoms with Crippen molar-refractivity contribution in [1.82, 2.24) is 0 Å². The lowest BCUT2D eigenvalue weighted by Crippen LogP contribution is -2.30. The molecule has 4 nitrogen and oxygen atoms in total. The van der Waals surface area contributed by atoms with Gasteiger partial charge < -0.3 is 15.2 Å². The molecular weight excluding hydrogens is 266 g/mol. The molecular formula is C17H25NO3. The summed E-state index contributed by atoms with van der Waals surface area (Å²) < 4.78 is 10.4. The van der Waals surface area contributed by atoms with Crippen LogP contribution in [-0.4, -0.2) is 25.2 Å². The quantitative estimate of drug-likeness (QED) is 0.809. The zero-order valence-corrected chi connectivity index (χ0v) is 12.7. The topological polar surface area (TPSA) is 61.5 Å². The third kappa shape index (κ3) is 4.74. The Morgan fingerprint density at radius 3 is 2.71 bits per heavy atom. The molecule has 2 aliphatic carbocycles. The fourth-order valence-corrected chi connectivity index (χ4v) is 3.02. The van der Waals surface area contributed by atoms with E-state index < -0.39 is 0 Å². The highest BCUT2D eigenvalue weighted by Gasteiger charge is 2.31. The molecule has 3 unspecified atom stereocenters. The molecule has 2 rings (SSSR count). The molecule has 0 aromatic heterocycles. The molecule has 0 aliphatic heterocycles. The van der Waals surface area contributed by atoms with Gasteiger partial charge in [0.2, 0.25) is 0 Å². The summed E-state index contributed by atoms with van der Waals surface area (Å²) in [4.78, 5) is 11.3. The van der Waals surface area contributed by atoms with E-state index in [0.29, 0.717) is 30.2 Å². The molecule has 116 valence electrons. The number of ether oxygens (including phenoxy) is 2. The van der Waals surface area contributed by atoms with Crippen molar-refractivity contribution in [2.45, 2.75) is 38.6 Å². The van der Waals surface area contributed by atoms with Gasteiger partial charge in [0.15, 0.2) is 6.61 Å². The molecule has 4 heteroatoms. The summed E-state index contributed by atoms with van der Waals surface area (Å²) in [6.07, 6.45) is 14.4. The average molecular weight is 291 g/mol. The van der Waals surface area contributed by atoms with Gasteiger partial charge in [-0.1, -0.05) is 18.2 Å². The lowest BCUT2D eigenvalue weighted by molar-refractivity contribution is -0.146. The third-order valence-electron chi connectivity index (χ3n) is 4.22. The van der Waals surface area contributed by atoms with Crippen LogP contribution in [0.1, 0.15) is 32.6 Å². The number of esters is 1. The van der Waals surface area contributed by atoms with Gasteiger partial charge in [-0.05, 0) is 56.6 Å². The van der Waals surface area contributed by atoms with E-state index in [1.807, 2.05) is 18.2 Å². The van der Waals surface area contributed by atoms with E-state index in [2.05, 4.69) is 12.2 Å². The van der Waals surface area contributed by atoms with Crippen LogP contribution in [0, 0.1) is 11.8 Å². The summed E-state index contributed by atoms with van der Waals surface area (Å²) in [5, 5.41) is 0. The number of fused-ring (bicyclic) bond motifs is 2. The Morgan fingerprint density at radius 2 is 2.00 bits per heavy atom. The van der Waals surface area contributed by atoms with E-state index in [9.17, 15) is 4.79 Å². The standard InChI is InChI=1S/C17H25NO3/c1-2-20-16(19)12-21-15-8-4-3-6-13-10-11-14(17(13)18)7-5-9-15/h3-5,8-9,13-14,17H,2,6-7,10-12,18H2,1H3. The second-order valence-electron chi connectivity index (χ2n) is 5.64. The van der Waals surface area contributed by atoms with Crippen LogP contribution in [0.3, 0.4) is 0 Å². The highest BCUT2D eigenvalue weighted by molar-refractivity contribution is 5.70. The van der Waals surface area contributed by atoms with E-state index in [0.717, 1.165) is 12.8 Å². The van der Waals surface area contributed by atoms with Crippen LogP contribution in [0.4, 0.5) is 0 Å². The van der Waals surface area contributed by atoms with Crippen molar-refractivity contribution < 1.29 is 14.3 Å². The molecule has 0 spiro atoms. The van der Waals surface area contributed by atoms with Crippen LogP contribution in [0.2, 0.25) is 0 Å². The number of carbonyl (C=O) groups excluding carboxylic acids is 1. The number of rotatable bonds is 4. The largest absolute Gasteiger partial charge is 0.482 e. The van der Waals surface area contributed by atoms with Crippen molar-refractivity contribution in [2.24, 2.45) is 17.6 Å². The summed E-state index contributed by atoms with van der Waals surface area (Å²) in [6.45, 7) is 2.10. The Labute approximate surface area is 126 Å². The SMILES string of the molecule is CCOC(=O)COC1=CC=CCC2CCC(CC=C1)C2N. The molecule has 1 saturated carbocycles. The molecule has 0 saturated heterocycles. The number of carbonyl (C=O) groups is 1. The third-order valence-corrected chi connectivity index (χ3v) is 4.22. The molecule has 2 bridgehead atoms. The smallest absolute Gasteiger partial charge is 0.344 e. The lowest BCUT2D eigenvalue weighted by atomic mass is 9.94. The van der Waals surface area contributed by atoms with E-state index in [1.54, 1.807) is 6.92 Å². The van der Waals surface area contributed by atoms with Crippen LogP contribution in [0.15, 0.2) is 36.1 Å². The average Bonchev–Trinajstić information content (AvgIpc) is 2.78. The minimum Gasteiger partial charge on any atom is -0.482 e. The van der Waals surface area contributed by atoms with Gasteiger partial charge >= 0.3 is 5.97 Å². The predicted octanol–water partition coefficient (Wildman–Crippen LogP) is 2.71. The van der Waals surface area contributed by atoms with Gasteiger partial charge in [-0.3, -0.25) is 0 Å². The van der Waals surface area contributed by atoms with Crippen molar-refractivity contribution in [2.75, 3.05) is 13.2 Å². The summed E-state index contributed by atoms with van der Waals surface area (Å²) >= 11 is 0. The number of hydrogen-bond donors (Lipinski definition) is 1. The lowest BCUT2D eigenvalue weighted by Gasteiger charge is -2.18. The fourth-order valence-electron chi connectivity index (χ4n) is 3.02. The Morgan fingerprint density at radius 1 is 1.29 bits per heavy atom. The Bertz CT molecular complexity index is 439. The van der Waals surface area contributed by atoms with Gasteiger partial charge in [0.05, 0.1) is 6.61 Å². The zero-order chi connectivity index (χ0) is 15.1. The van der Waals surface area contributed by atoms with Crippen LogP contribution in [-0.2, 0) is 14.3 Å². The highest BCUT2D eigenvalue weighted by atomic mass is 16.6. The maximum Gasteiger partial charge on any atom is 0.344 e. The van der Waals surface area contributed by atoms with Crippen molar-refractivity contribution in [3.63, 3.8) is 0 Å². The molecule has 0 radical (unpaired) electrons. The Kier molecular flexibility index (Phi) is 6.05. The minimum atomic E-state index is -0.342. The second-order valence-corrected chi connectivity index (χ2v) is 5.64. The predicted molar refractivity (Wildman–Crippen MR) is 82.4 cm³/mol. The van der Waals surface area contributed by atoms with Gasteiger partial charge in [-0.15, -0.1) is 0 Å². The molecule has 21 heavy (non-hydrogen) atoms. The Balaban J connectivity index is 1.96. The molecule has 0 amide bonds. The van der Waals surface area contributed by atoms with Gasteiger partial charge in [0, 0.05) is 6.04 Å². The van der Waals surface area contributed by atoms with Crippen molar-refractivity contribution >= 4 is 5.97 Å². The number of allylic oxidation sites excluding steroid dienone is 5. The first-order valence-electron chi connectivity index (χ1n) is 7.78. The molecule has 0 aromatic rings. The molecule has 3 atom stereocenters. The first-order chi connectivity index (χ1) is 10.2. The molecule has 2 N–H and O–H groups in total. The van der Waals surface area contributed by atoms with Gasteiger partial charge in [0.25, 0.3) is 0 Å². The molecule has 0 heterocycles. The summed E-state index contributed by atoms with van der Waals surface area (Å²) in [5.74, 6) is 1.50. The van der Waals surface area contributed by atoms with Crippen molar-refractivity contribution in [3.8, 4) is 0 Å². The van der Waals surface area contributed by atoms with Gasteiger partial charge in [0.1, 0.15) is 5.76 Å². The second kappa shape index (κ2) is 8.03. The summed E-state index contributed by atoms with van der Waals surface area (Å²) in [6, 6.07) is 0.293. The minimum absolute atomic E-state index is 0.0522. The van der Waals surface area contributed by atoms with Gasteiger partial charge in [-0.25, -0.2) is 4.79 Å². The van der Waals surface area contributed by atoms with Crippen LogP contribution < -0.4 is 5.73 Å². The fraction of sp³-hybridized carbons (Fsp3) is 0.588. The molecule has 1 fully saturated rings. The molecule has 0 aromatic carbocycles. The maximum atomic E-state index is 11.3. The van der Waals surface area contributed by atoms with Crippen molar-refractivity contribution in [1.29, 1.82) is 0 Å². The van der Waals surface area contributed by atoms with E-state index in [4.69, 9.17) is 15.2 Å². The van der Waals surface area contributed by atoms with E-state index in [-0.39, 0.29) is 12.6 Å². The number of nitrogens with two attached hydrogens (primary N) is 1. The summed E-state index contributed by atoms with van der Waals surface area (Å²) in [5.41, 5.74) is 6.31. The van der Waals surface area contributed by atoms with Crippen molar-refractivity contribution in [3.05, 3.63) is 36.1 Å². The van der Waals surface area contributed by atoms with Crippen LogP contribution >= 0.6 is 0 Å². The maximum absolute atomic E-state index is 11.3. The van der Waals surface area contributed by atoms with E-state index >= 15 is 0 Å². The van der Waals surface area contributed by atoms with Crippen LogP contribution in [0.5, 0.6) is 0 Å². The normalized spacial score (nSPS) is 28.7. The molecule has 2 aliphatic rings. The monoisotopic (exact) mass is 291 g/mol. The number of hydrogen-bond acceptors (Lipinski definition) is 4. The van der Waals surface area contributed by atoms with Crippen LogP contribution in [0.25, 0.3) is 0 Å². The first-order valence-corrected chi connectivity index (χ1v) is 7.78. The zero-order valence-electron chi connectivity index (χ0n) is 12.7. The summed E-state index contributed by atoms with van der Waals surface area (Å²) in [7, 11) is 0. The first kappa shape index (κ1) is 15.8. The van der Waals surface area contributed by atoms with Gasteiger partial charge in [-0.2, -0.15) is 0 Å². The van der Waals surface area contributed by atoms with E-state index in [1.165, 1.54) is 12.8 Å². The highest BCUT2D eigenvalue weighted by Crippen LogP contribution is 2.35.